The maximum absolute atomic E-state index is 10.5. The average molecular weight is 173 g/mol. The summed E-state index contributed by atoms with van der Waals surface area (Å²) in [6, 6.07) is -0.0314. The van der Waals surface area contributed by atoms with Crippen LogP contribution in [0.4, 0.5) is 0 Å². The minimum atomic E-state index is -0.934. The van der Waals surface area contributed by atoms with E-state index in [-0.39, 0.29) is 6.04 Å². The van der Waals surface area contributed by atoms with Crippen molar-refractivity contribution in [3.05, 3.63) is 0 Å². The highest BCUT2D eigenvalue weighted by Crippen LogP contribution is 2.15. The van der Waals surface area contributed by atoms with Gasteiger partial charge in [0.15, 0.2) is 0 Å². The Kier molecular flexibility index (Phi) is 3.05. The van der Waals surface area contributed by atoms with Gasteiger partial charge in [0.05, 0.1) is 12.0 Å². The number of hydrogen-bond donors (Lipinski definition) is 3. The Balaban J connectivity index is 2.44. The first-order chi connectivity index (χ1) is 5.63. The zero-order chi connectivity index (χ0) is 9.14. The van der Waals surface area contributed by atoms with E-state index in [0.29, 0.717) is 0 Å². The quantitative estimate of drug-likeness (QED) is 0.553. The van der Waals surface area contributed by atoms with E-state index in [1.165, 1.54) is 6.92 Å². The smallest absolute Gasteiger partial charge is 0.308 e. The van der Waals surface area contributed by atoms with Gasteiger partial charge >= 0.3 is 5.97 Å². The number of rotatable bonds is 3. The normalized spacial score (nSPS) is 28.3. The molecule has 1 heterocycles. The maximum Gasteiger partial charge on any atom is 0.308 e. The lowest BCUT2D eigenvalue weighted by Gasteiger charge is -2.21. The molecule has 1 rings (SSSR count). The van der Waals surface area contributed by atoms with Crippen LogP contribution in [0.25, 0.3) is 0 Å². The van der Waals surface area contributed by atoms with E-state index in [1.54, 1.807) is 0 Å². The number of aliphatic carboxylic acids is 1. The molecule has 1 aliphatic heterocycles. The lowest BCUT2D eigenvalue weighted by Crippen LogP contribution is -2.41. The summed E-state index contributed by atoms with van der Waals surface area (Å²) in [6.45, 7) is 2.42. The van der Waals surface area contributed by atoms with Gasteiger partial charge in [0.25, 0.3) is 0 Å². The first kappa shape index (κ1) is 9.48. The summed E-state index contributed by atoms with van der Waals surface area (Å²) in [7, 11) is 0. The second-order valence-electron chi connectivity index (χ2n) is 3.32. The van der Waals surface area contributed by atoms with Crippen molar-refractivity contribution >= 4 is 5.97 Å². The third-order valence-electron chi connectivity index (χ3n) is 2.41. The molecule has 0 bridgehead atoms. The molecule has 0 saturated carbocycles. The Morgan fingerprint density at radius 1 is 1.67 bits per heavy atom. The highest BCUT2D eigenvalue weighted by atomic mass is 16.4. The summed E-state index contributed by atoms with van der Waals surface area (Å²) in [5, 5.41) is 21.2. The van der Waals surface area contributed by atoms with E-state index in [0.717, 1.165) is 19.4 Å². The van der Waals surface area contributed by atoms with Gasteiger partial charge in [0.2, 0.25) is 0 Å². The van der Waals surface area contributed by atoms with Gasteiger partial charge in [-0.25, -0.2) is 0 Å². The Hall–Kier alpha value is -0.610. The second-order valence-corrected chi connectivity index (χ2v) is 3.32. The largest absolute Gasteiger partial charge is 0.481 e. The predicted molar refractivity (Wildman–Crippen MR) is 43.8 cm³/mol. The van der Waals surface area contributed by atoms with Crippen LogP contribution in [0.5, 0.6) is 0 Å². The highest BCUT2D eigenvalue weighted by molar-refractivity contribution is 5.70. The van der Waals surface area contributed by atoms with Crippen LogP contribution in [0, 0.1) is 5.92 Å². The molecule has 1 aliphatic rings. The summed E-state index contributed by atoms with van der Waals surface area (Å²) < 4.78 is 0. The molecule has 0 aromatic heterocycles. The molecule has 0 radical (unpaired) electrons. The number of aliphatic hydroxyl groups excluding tert-OH is 1. The van der Waals surface area contributed by atoms with E-state index in [1.807, 2.05) is 0 Å². The molecular weight excluding hydrogens is 158 g/mol. The van der Waals surface area contributed by atoms with Crippen molar-refractivity contribution in [3.63, 3.8) is 0 Å². The van der Waals surface area contributed by atoms with Crippen molar-refractivity contribution in [2.24, 2.45) is 5.92 Å². The van der Waals surface area contributed by atoms with Crippen molar-refractivity contribution in [3.8, 4) is 0 Å². The maximum atomic E-state index is 10.5. The van der Waals surface area contributed by atoms with Gasteiger partial charge in [-0.1, -0.05) is 0 Å². The minimum Gasteiger partial charge on any atom is -0.481 e. The minimum absolute atomic E-state index is 0.0314. The SMILES string of the molecule is C[C@@H](C(=O)O)[C@H](O)[C@@H]1CCCN1. The van der Waals surface area contributed by atoms with Crippen LogP contribution in [0.1, 0.15) is 19.8 Å². The topological polar surface area (TPSA) is 69.6 Å². The van der Waals surface area contributed by atoms with Crippen LogP contribution in [-0.4, -0.2) is 34.9 Å². The molecule has 1 fully saturated rings. The van der Waals surface area contributed by atoms with Crippen LogP contribution >= 0.6 is 0 Å². The molecule has 70 valence electrons. The van der Waals surface area contributed by atoms with Crippen molar-refractivity contribution in [2.75, 3.05) is 6.54 Å². The molecule has 4 nitrogen and oxygen atoms in total. The van der Waals surface area contributed by atoms with Gasteiger partial charge in [0.1, 0.15) is 0 Å². The van der Waals surface area contributed by atoms with Crippen LogP contribution in [0.15, 0.2) is 0 Å². The Morgan fingerprint density at radius 2 is 2.33 bits per heavy atom. The predicted octanol–water partition coefficient (Wildman–Crippen LogP) is -0.180. The van der Waals surface area contributed by atoms with Crippen molar-refractivity contribution in [1.29, 1.82) is 0 Å². The van der Waals surface area contributed by atoms with Crippen LogP contribution in [0.3, 0.4) is 0 Å². The van der Waals surface area contributed by atoms with Gasteiger partial charge in [0, 0.05) is 6.04 Å². The monoisotopic (exact) mass is 173 g/mol. The van der Waals surface area contributed by atoms with Crippen molar-refractivity contribution < 1.29 is 15.0 Å². The van der Waals surface area contributed by atoms with E-state index in [2.05, 4.69) is 5.32 Å². The van der Waals surface area contributed by atoms with Gasteiger partial charge in [-0.05, 0) is 26.3 Å². The van der Waals surface area contributed by atoms with Crippen LogP contribution in [-0.2, 0) is 4.79 Å². The Labute approximate surface area is 71.6 Å². The third-order valence-corrected chi connectivity index (χ3v) is 2.41. The van der Waals surface area contributed by atoms with E-state index in [4.69, 9.17) is 5.11 Å². The fraction of sp³-hybridized carbons (Fsp3) is 0.875. The molecule has 3 N–H and O–H groups in total. The highest BCUT2D eigenvalue weighted by Gasteiger charge is 2.30. The molecule has 1 saturated heterocycles. The summed E-state index contributed by atoms with van der Waals surface area (Å²) in [5.41, 5.74) is 0. The van der Waals surface area contributed by atoms with E-state index < -0.39 is 18.0 Å². The molecule has 12 heavy (non-hydrogen) atoms. The zero-order valence-corrected chi connectivity index (χ0v) is 7.16. The van der Waals surface area contributed by atoms with Crippen LogP contribution < -0.4 is 5.32 Å². The van der Waals surface area contributed by atoms with Gasteiger partial charge in [-0.2, -0.15) is 0 Å². The molecule has 0 aromatic rings. The Morgan fingerprint density at radius 3 is 2.75 bits per heavy atom. The van der Waals surface area contributed by atoms with Gasteiger partial charge in [-0.15, -0.1) is 0 Å². The standard InChI is InChI=1S/C8H15NO3/c1-5(8(11)12)7(10)6-3-2-4-9-6/h5-7,9-10H,2-4H2,1H3,(H,11,12)/t5-,6+,7+/m1/s1. The number of carbonyl (C=O) groups is 1. The molecular formula is C8H15NO3. The van der Waals surface area contributed by atoms with E-state index in [9.17, 15) is 9.90 Å². The van der Waals surface area contributed by atoms with Gasteiger partial charge in [-0.3, -0.25) is 4.79 Å². The van der Waals surface area contributed by atoms with Gasteiger partial charge < -0.3 is 15.5 Å². The summed E-state index contributed by atoms with van der Waals surface area (Å²) >= 11 is 0. The fourth-order valence-electron chi connectivity index (χ4n) is 1.50. The summed E-state index contributed by atoms with van der Waals surface area (Å²) in [5.74, 6) is -1.61. The lowest BCUT2D eigenvalue weighted by molar-refractivity contribution is -0.145. The summed E-state index contributed by atoms with van der Waals surface area (Å²) in [4.78, 5) is 10.5. The second kappa shape index (κ2) is 3.87. The number of aliphatic hydroxyl groups is 1. The third kappa shape index (κ3) is 1.95. The van der Waals surface area contributed by atoms with Crippen molar-refractivity contribution in [2.45, 2.75) is 31.9 Å². The number of hydrogen-bond acceptors (Lipinski definition) is 3. The van der Waals surface area contributed by atoms with E-state index >= 15 is 0 Å². The van der Waals surface area contributed by atoms with Crippen LogP contribution in [0.2, 0.25) is 0 Å². The fourth-order valence-corrected chi connectivity index (χ4v) is 1.50. The first-order valence-corrected chi connectivity index (χ1v) is 4.27. The number of carboxylic acids is 1. The number of carboxylic acid groups (broad SMARTS) is 1. The molecule has 0 unspecified atom stereocenters. The average Bonchev–Trinajstić information content (AvgIpc) is 2.53. The summed E-state index contributed by atoms with van der Waals surface area (Å²) in [6.07, 6.45) is 1.14. The Bertz CT molecular complexity index is 166. The first-order valence-electron chi connectivity index (χ1n) is 4.27. The van der Waals surface area contributed by atoms with Crippen molar-refractivity contribution in [1.82, 2.24) is 5.32 Å². The molecule has 3 atom stereocenters. The zero-order valence-electron chi connectivity index (χ0n) is 7.16. The molecule has 0 aromatic carbocycles. The number of nitrogens with one attached hydrogen (secondary N) is 1. The molecule has 4 heteroatoms. The molecule has 0 aliphatic carbocycles. The molecule has 0 amide bonds. The molecule has 0 spiro atoms. The lowest BCUT2D eigenvalue weighted by atomic mass is 9.97.